The molecule has 1 aromatic heterocycles. The van der Waals surface area contributed by atoms with Crippen LogP contribution >= 0.6 is 11.6 Å². The van der Waals surface area contributed by atoms with E-state index in [-0.39, 0.29) is 0 Å². The fourth-order valence-corrected chi connectivity index (χ4v) is 3.04. The van der Waals surface area contributed by atoms with E-state index < -0.39 is 12.1 Å². The van der Waals surface area contributed by atoms with Gasteiger partial charge >= 0.3 is 5.97 Å². The summed E-state index contributed by atoms with van der Waals surface area (Å²) in [5.41, 5.74) is 3.13. The van der Waals surface area contributed by atoms with Crippen molar-refractivity contribution >= 4 is 17.6 Å². The number of hydrogen-bond acceptors (Lipinski definition) is 3. The predicted octanol–water partition coefficient (Wildman–Crippen LogP) is 4.99. The van der Waals surface area contributed by atoms with E-state index in [1.54, 1.807) is 30.3 Å². The number of aromatic nitrogens is 2. The zero-order chi connectivity index (χ0) is 19.4. The topological polar surface area (TPSA) is 64.3 Å². The smallest absolute Gasteiger partial charge is 0.349 e. The van der Waals surface area contributed by atoms with Crippen LogP contribution in [0.2, 0.25) is 5.02 Å². The Kier molecular flexibility index (Phi) is 5.81. The number of ether oxygens (including phenoxy) is 1. The van der Waals surface area contributed by atoms with Gasteiger partial charge in [0.15, 0.2) is 0 Å². The number of benzene rings is 2. The molecule has 0 saturated carbocycles. The highest BCUT2D eigenvalue weighted by atomic mass is 35.5. The molecule has 3 aromatic rings. The molecule has 1 heterocycles. The van der Waals surface area contributed by atoms with E-state index in [1.807, 2.05) is 36.0 Å². The van der Waals surface area contributed by atoms with Gasteiger partial charge in [-0.2, -0.15) is 5.10 Å². The second-order valence-corrected chi connectivity index (χ2v) is 6.57. The summed E-state index contributed by atoms with van der Waals surface area (Å²) in [5.74, 6) is -0.609. The second kappa shape index (κ2) is 8.27. The van der Waals surface area contributed by atoms with Crippen LogP contribution in [0.3, 0.4) is 0 Å². The van der Waals surface area contributed by atoms with Gasteiger partial charge in [0.05, 0.1) is 5.69 Å². The van der Waals surface area contributed by atoms with E-state index in [1.165, 1.54) is 0 Å². The molecule has 27 heavy (non-hydrogen) atoms. The molecule has 0 spiro atoms. The van der Waals surface area contributed by atoms with Crippen LogP contribution in [0.1, 0.15) is 31.1 Å². The van der Waals surface area contributed by atoms with Gasteiger partial charge in [-0.1, -0.05) is 36.7 Å². The van der Waals surface area contributed by atoms with Crippen molar-refractivity contribution in [2.24, 2.45) is 0 Å². The van der Waals surface area contributed by atoms with E-state index in [0.717, 1.165) is 29.8 Å². The summed E-state index contributed by atoms with van der Waals surface area (Å²) < 4.78 is 7.76. The van der Waals surface area contributed by atoms with E-state index in [9.17, 15) is 9.90 Å². The summed E-state index contributed by atoms with van der Waals surface area (Å²) in [6.45, 7) is 4.83. The summed E-state index contributed by atoms with van der Waals surface area (Å²) >= 11 is 6.02. The van der Waals surface area contributed by atoms with Crippen molar-refractivity contribution < 1.29 is 14.6 Å². The third kappa shape index (κ3) is 4.31. The van der Waals surface area contributed by atoms with Gasteiger partial charge in [-0.05, 0) is 49.2 Å². The third-order valence-electron chi connectivity index (χ3n) is 4.31. The number of carboxylic acids is 1. The number of nitrogens with zero attached hydrogens (tertiary/aromatic N) is 2. The largest absolute Gasteiger partial charge is 0.478 e. The van der Waals surface area contributed by atoms with Gasteiger partial charge in [-0.3, -0.25) is 4.68 Å². The van der Waals surface area contributed by atoms with Crippen molar-refractivity contribution in [2.45, 2.75) is 32.9 Å². The summed E-state index contributed by atoms with van der Waals surface area (Å²) in [5, 5.41) is 14.7. The van der Waals surface area contributed by atoms with Crippen LogP contribution in [0.15, 0.2) is 54.7 Å². The zero-order valence-corrected chi connectivity index (χ0v) is 16.0. The first-order valence-corrected chi connectivity index (χ1v) is 9.21. The van der Waals surface area contributed by atoms with Gasteiger partial charge in [0.1, 0.15) is 5.75 Å². The normalized spacial score (nSPS) is 12.0. The van der Waals surface area contributed by atoms with Crippen molar-refractivity contribution in [3.8, 4) is 17.0 Å². The Morgan fingerprint density at radius 3 is 2.67 bits per heavy atom. The molecular formula is C21H21ClN2O3. The first-order valence-electron chi connectivity index (χ1n) is 8.83. The number of carbonyl (C=O) groups is 1. The van der Waals surface area contributed by atoms with E-state index >= 15 is 0 Å². The van der Waals surface area contributed by atoms with E-state index in [2.05, 4.69) is 12.0 Å². The molecule has 3 rings (SSSR count). The van der Waals surface area contributed by atoms with Crippen molar-refractivity contribution in [2.75, 3.05) is 0 Å². The third-order valence-corrected chi connectivity index (χ3v) is 4.55. The van der Waals surface area contributed by atoms with Crippen molar-refractivity contribution in [1.29, 1.82) is 0 Å². The monoisotopic (exact) mass is 384 g/mol. The van der Waals surface area contributed by atoms with Gasteiger partial charge < -0.3 is 9.84 Å². The number of hydrogen-bond donors (Lipinski definition) is 1. The fourth-order valence-electron chi connectivity index (χ4n) is 2.84. The summed E-state index contributed by atoms with van der Waals surface area (Å²) in [6, 6.07) is 14.3. The van der Waals surface area contributed by atoms with Crippen molar-refractivity contribution in [3.05, 3.63) is 70.9 Å². The second-order valence-electron chi connectivity index (χ2n) is 6.13. The van der Waals surface area contributed by atoms with Crippen molar-refractivity contribution in [1.82, 2.24) is 9.78 Å². The Hall–Kier alpha value is -2.79. The quantitative estimate of drug-likeness (QED) is 0.623. The average Bonchev–Trinajstić information content (AvgIpc) is 3.15. The molecule has 2 aromatic carbocycles. The SMILES string of the molecule is CCc1ccc(OC(C(=O)O)c2cccc(Cl)c2)c(-c2ccn(CC)n2)c1. The van der Waals surface area contributed by atoms with E-state index in [4.69, 9.17) is 16.3 Å². The van der Waals surface area contributed by atoms with Crippen molar-refractivity contribution in [3.63, 3.8) is 0 Å². The highest BCUT2D eigenvalue weighted by molar-refractivity contribution is 6.30. The minimum Gasteiger partial charge on any atom is -0.478 e. The number of aryl methyl sites for hydroxylation is 2. The molecular weight excluding hydrogens is 364 g/mol. The van der Waals surface area contributed by atoms with Crippen LogP contribution in [0.25, 0.3) is 11.3 Å². The molecule has 140 valence electrons. The lowest BCUT2D eigenvalue weighted by Crippen LogP contribution is -2.18. The van der Waals surface area contributed by atoms with Crippen LogP contribution in [0.4, 0.5) is 0 Å². The molecule has 6 heteroatoms. The van der Waals surface area contributed by atoms with Gasteiger partial charge in [0.25, 0.3) is 0 Å². The lowest BCUT2D eigenvalue weighted by Gasteiger charge is -2.18. The predicted molar refractivity (Wildman–Crippen MR) is 105 cm³/mol. The number of carboxylic acid groups (broad SMARTS) is 1. The van der Waals surface area contributed by atoms with Crippen LogP contribution in [0, 0.1) is 0 Å². The highest BCUT2D eigenvalue weighted by Gasteiger charge is 2.24. The number of halogens is 1. The molecule has 0 aliphatic heterocycles. The first kappa shape index (κ1) is 19.0. The van der Waals surface area contributed by atoms with Gasteiger partial charge in [0, 0.05) is 28.9 Å². The summed E-state index contributed by atoms with van der Waals surface area (Å²) in [4.78, 5) is 11.8. The fraction of sp³-hybridized carbons (Fsp3) is 0.238. The molecule has 0 bridgehead atoms. The Morgan fingerprint density at radius 2 is 2.04 bits per heavy atom. The minimum atomic E-state index is -1.16. The first-order chi connectivity index (χ1) is 13.0. The molecule has 5 nitrogen and oxygen atoms in total. The Balaban J connectivity index is 2.03. The maximum atomic E-state index is 11.8. The van der Waals surface area contributed by atoms with Gasteiger partial charge in [-0.25, -0.2) is 4.79 Å². The molecule has 0 amide bonds. The molecule has 1 unspecified atom stereocenters. The Labute approximate surface area is 163 Å². The molecule has 0 aliphatic carbocycles. The van der Waals surface area contributed by atoms with E-state index in [0.29, 0.717) is 16.3 Å². The average molecular weight is 385 g/mol. The Morgan fingerprint density at radius 1 is 1.22 bits per heavy atom. The highest BCUT2D eigenvalue weighted by Crippen LogP contribution is 2.34. The van der Waals surface area contributed by atoms with Crippen LogP contribution in [0.5, 0.6) is 5.75 Å². The minimum absolute atomic E-state index is 0.464. The maximum Gasteiger partial charge on any atom is 0.349 e. The van der Waals surface area contributed by atoms with Gasteiger partial charge in [-0.15, -0.1) is 0 Å². The number of rotatable bonds is 7. The number of aliphatic carboxylic acids is 1. The summed E-state index contributed by atoms with van der Waals surface area (Å²) in [7, 11) is 0. The lowest BCUT2D eigenvalue weighted by molar-refractivity contribution is -0.145. The zero-order valence-electron chi connectivity index (χ0n) is 15.2. The van der Waals surface area contributed by atoms with Crippen LogP contribution in [-0.4, -0.2) is 20.9 Å². The molecule has 0 fully saturated rings. The van der Waals surface area contributed by atoms with Crippen LogP contribution < -0.4 is 4.74 Å². The molecule has 0 radical (unpaired) electrons. The maximum absolute atomic E-state index is 11.8. The molecule has 1 atom stereocenters. The summed E-state index contributed by atoms with van der Waals surface area (Å²) in [6.07, 6.45) is 1.59. The molecule has 0 saturated heterocycles. The lowest BCUT2D eigenvalue weighted by atomic mass is 10.0. The molecule has 1 N–H and O–H groups in total. The van der Waals surface area contributed by atoms with Gasteiger partial charge in [0.2, 0.25) is 6.10 Å². The Bertz CT molecular complexity index is 952. The standard InChI is InChI=1S/C21H21ClN2O3/c1-3-14-8-9-19(17(12-14)18-10-11-24(4-2)23-18)27-20(21(25)26)15-6-5-7-16(22)13-15/h5-13,20H,3-4H2,1-2H3,(H,25,26). The van der Waals surface area contributed by atoms with Crippen LogP contribution in [-0.2, 0) is 17.8 Å². The molecule has 0 aliphatic rings.